The van der Waals surface area contributed by atoms with Crippen molar-refractivity contribution in [1.82, 2.24) is 40.0 Å². The van der Waals surface area contributed by atoms with Gasteiger partial charge in [-0.2, -0.15) is 5.10 Å². The van der Waals surface area contributed by atoms with E-state index in [0.717, 1.165) is 47.3 Å². The van der Waals surface area contributed by atoms with Gasteiger partial charge in [-0.25, -0.2) is 9.37 Å². The molecule has 39 heavy (non-hydrogen) atoms. The zero-order chi connectivity index (χ0) is 26.3. The number of benzene rings is 1. The number of fused-ring (bicyclic) bond motifs is 2. The number of imidazole rings is 1. The highest BCUT2D eigenvalue weighted by Crippen LogP contribution is 2.33. The van der Waals surface area contributed by atoms with E-state index in [0.29, 0.717) is 33.9 Å². The van der Waals surface area contributed by atoms with Crippen LogP contribution in [-0.4, -0.2) is 60.2 Å². The van der Waals surface area contributed by atoms with Gasteiger partial charge in [0.2, 0.25) is 0 Å². The van der Waals surface area contributed by atoms with Gasteiger partial charge in [-0.1, -0.05) is 0 Å². The third-order valence-corrected chi connectivity index (χ3v) is 7.18. The average Bonchev–Trinajstić information content (AvgIpc) is 3.72. The number of ether oxygens (including phenoxy) is 1. The van der Waals surface area contributed by atoms with Crippen LogP contribution in [0.15, 0.2) is 61.3 Å². The molecule has 0 atom stereocenters. The number of nitrogens with one attached hydrogen (secondary N) is 2. The summed E-state index contributed by atoms with van der Waals surface area (Å²) in [7, 11) is 1.51. The molecule has 5 aromatic heterocycles. The summed E-state index contributed by atoms with van der Waals surface area (Å²) in [4.78, 5) is 24.1. The van der Waals surface area contributed by atoms with Crippen LogP contribution in [0.3, 0.4) is 0 Å². The number of hydrogen-bond donors (Lipinski definition) is 2. The van der Waals surface area contributed by atoms with Crippen LogP contribution in [0.4, 0.5) is 4.39 Å². The molecule has 0 saturated carbocycles. The molecule has 194 valence electrons. The molecule has 0 aliphatic carbocycles. The second kappa shape index (κ2) is 9.55. The highest BCUT2D eigenvalue weighted by atomic mass is 19.1. The molecule has 2 N–H and O–H groups in total. The Bertz CT molecular complexity index is 1820. The zero-order valence-corrected chi connectivity index (χ0v) is 21.3. The molecule has 0 spiro atoms. The van der Waals surface area contributed by atoms with Crippen molar-refractivity contribution in [2.75, 3.05) is 20.2 Å². The van der Waals surface area contributed by atoms with Crippen LogP contribution in [-0.2, 0) is 6.54 Å². The van der Waals surface area contributed by atoms with E-state index < -0.39 is 5.82 Å². The van der Waals surface area contributed by atoms with Gasteiger partial charge in [0.1, 0.15) is 17.3 Å². The fourth-order valence-electron chi connectivity index (χ4n) is 5.26. The first kappa shape index (κ1) is 23.4. The highest BCUT2D eigenvalue weighted by Gasteiger charge is 2.18. The number of halogens is 1. The lowest BCUT2D eigenvalue weighted by Gasteiger charge is -2.14. The van der Waals surface area contributed by atoms with E-state index in [9.17, 15) is 4.39 Å². The van der Waals surface area contributed by atoms with Gasteiger partial charge in [-0.15, -0.1) is 0 Å². The Kier molecular flexibility index (Phi) is 5.74. The Hall–Kier alpha value is -4.70. The molecule has 1 aliphatic rings. The number of pyridine rings is 3. The van der Waals surface area contributed by atoms with E-state index in [1.165, 1.54) is 37.6 Å². The normalized spacial score (nSPS) is 14.0. The number of methoxy groups -OCH3 is 1. The minimum absolute atomic E-state index is 0.394. The molecule has 10 heteroatoms. The first-order valence-electron chi connectivity index (χ1n) is 12.8. The molecular formula is C29H25FN8O. The lowest BCUT2D eigenvalue weighted by molar-refractivity contribution is 0.331. The zero-order valence-electron chi connectivity index (χ0n) is 21.3. The minimum Gasteiger partial charge on any atom is -0.497 e. The van der Waals surface area contributed by atoms with Gasteiger partial charge in [0.25, 0.3) is 0 Å². The van der Waals surface area contributed by atoms with E-state index in [2.05, 4.69) is 41.1 Å². The molecule has 1 saturated heterocycles. The Labute approximate surface area is 223 Å². The van der Waals surface area contributed by atoms with E-state index in [-0.39, 0.29) is 0 Å². The smallest absolute Gasteiger partial charge is 0.159 e. The molecule has 1 fully saturated rings. The third kappa shape index (κ3) is 4.38. The Balaban J connectivity index is 1.28. The number of rotatable bonds is 6. The Morgan fingerprint density at radius 3 is 2.67 bits per heavy atom. The van der Waals surface area contributed by atoms with Crippen molar-refractivity contribution in [3.05, 3.63) is 72.7 Å². The first-order valence-corrected chi connectivity index (χ1v) is 12.8. The summed E-state index contributed by atoms with van der Waals surface area (Å²) in [6.45, 7) is 3.16. The van der Waals surface area contributed by atoms with Crippen LogP contribution < -0.4 is 4.74 Å². The summed E-state index contributed by atoms with van der Waals surface area (Å²) < 4.78 is 19.5. The van der Waals surface area contributed by atoms with Crippen molar-refractivity contribution in [2.45, 2.75) is 19.4 Å². The number of likely N-dealkylation sites (tertiary alicyclic amines) is 1. The minimum atomic E-state index is -0.394. The van der Waals surface area contributed by atoms with Gasteiger partial charge in [0, 0.05) is 47.7 Å². The van der Waals surface area contributed by atoms with Crippen LogP contribution in [0.25, 0.3) is 55.8 Å². The molecule has 7 rings (SSSR count). The molecule has 6 heterocycles. The van der Waals surface area contributed by atoms with Crippen molar-refractivity contribution < 1.29 is 9.13 Å². The highest BCUT2D eigenvalue weighted by molar-refractivity contribution is 5.97. The number of aromatic nitrogens is 7. The molecule has 0 amide bonds. The third-order valence-electron chi connectivity index (χ3n) is 7.18. The van der Waals surface area contributed by atoms with Gasteiger partial charge in [-0.3, -0.25) is 25.0 Å². The van der Waals surface area contributed by atoms with Crippen molar-refractivity contribution in [2.24, 2.45) is 0 Å². The van der Waals surface area contributed by atoms with Gasteiger partial charge >= 0.3 is 0 Å². The van der Waals surface area contributed by atoms with E-state index in [1.807, 2.05) is 18.5 Å². The van der Waals surface area contributed by atoms with Crippen molar-refractivity contribution in [3.63, 3.8) is 0 Å². The number of nitrogens with zero attached hydrogens (tertiary/aromatic N) is 6. The molecule has 0 unspecified atom stereocenters. The molecule has 1 aromatic carbocycles. The first-order chi connectivity index (χ1) is 19.1. The van der Waals surface area contributed by atoms with Gasteiger partial charge in [0.15, 0.2) is 5.82 Å². The maximum Gasteiger partial charge on any atom is 0.159 e. The van der Waals surface area contributed by atoms with Gasteiger partial charge in [-0.05, 0) is 61.3 Å². The van der Waals surface area contributed by atoms with Crippen LogP contribution in [0.2, 0.25) is 0 Å². The summed E-state index contributed by atoms with van der Waals surface area (Å²) >= 11 is 0. The second-order valence-corrected chi connectivity index (χ2v) is 9.80. The average molecular weight is 521 g/mol. The molecule has 6 aromatic rings. The molecule has 0 radical (unpaired) electrons. The van der Waals surface area contributed by atoms with Gasteiger partial charge < -0.3 is 9.72 Å². The summed E-state index contributed by atoms with van der Waals surface area (Å²) in [5.74, 6) is 0.608. The van der Waals surface area contributed by atoms with Crippen LogP contribution in [0.5, 0.6) is 5.75 Å². The van der Waals surface area contributed by atoms with Crippen molar-refractivity contribution in [1.29, 1.82) is 0 Å². The summed E-state index contributed by atoms with van der Waals surface area (Å²) in [6.07, 6.45) is 11.4. The Morgan fingerprint density at radius 2 is 1.79 bits per heavy atom. The maximum absolute atomic E-state index is 14.3. The van der Waals surface area contributed by atoms with Crippen molar-refractivity contribution >= 4 is 21.9 Å². The lowest BCUT2D eigenvalue weighted by atomic mass is 10.1. The summed E-state index contributed by atoms with van der Waals surface area (Å²) in [5, 5.41) is 8.49. The monoisotopic (exact) mass is 520 g/mol. The topological polar surface area (TPSA) is 108 Å². The van der Waals surface area contributed by atoms with Gasteiger partial charge in [0.05, 0.1) is 41.7 Å². The predicted molar refractivity (Wildman–Crippen MR) is 146 cm³/mol. The van der Waals surface area contributed by atoms with Crippen LogP contribution in [0.1, 0.15) is 18.4 Å². The summed E-state index contributed by atoms with van der Waals surface area (Å²) in [5.41, 5.74) is 7.10. The second-order valence-electron chi connectivity index (χ2n) is 9.80. The lowest BCUT2D eigenvalue weighted by Crippen LogP contribution is -2.18. The molecular weight excluding hydrogens is 495 g/mol. The number of H-pyrrole nitrogens is 2. The number of hydrogen-bond acceptors (Lipinski definition) is 7. The van der Waals surface area contributed by atoms with Crippen LogP contribution in [0, 0.1) is 5.82 Å². The molecule has 1 aliphatic heterocycles. The predicted octanol–water partition coefficient (Wildman–Crippen LogP) is 5.37. The SMILES string of the molecule is COc1cc(F)cc(-c2cncc3[nH]c(-c4n[nH]c5cnc(-c6cncc(CN7CCCC7)c6)cc45)nc23)c1. The van der Waals surface area contributed by atoms with E-state index >= 15 is 0 Å². The largest absolute Gasteiger partial charge is 0.497 e. The number of aromatic amines is 2. The van der Waals surface area contributed by atoms with E-state index in [1.54, 1.807) is 24.7 Å². The van der Waals surface area contributed by atoms with Crippen molar-refractivity contribution in [3.8, 4) is 39.7 Å². The fraction of sp³-hybridized carbons (Fsp3) is 0.207. The van der Waals surface area contributed by atoms with Crippen LogP contribution >= 0.6 is 0 Å². The standard InChI is InChI=1S/C29H25FN8O/c1-39-21-8-18(7-20(30)9-21)23-13-32-14-26-27(23)35-29(34-26)28-22-10-24(33-15-25(22)36-37-28)19-6-17(11-31-12-19)16-38-4-2-3-5-38/h6-15H,2-5,16H2,1H3,(H,34,35)(H,36,37). The Morgan fingerprint density at radius 1 is 0.923 bits per heavy atom. The van der Waals surface area contributed by atoms with E-state index in [4.69, 9.17) is 9.72 Å². The molecule has 0 bridgehead atoms. The fourth-order valence-corrected chi connectivity index (χ4v) is 5.26. The quantitative estimate of drug-likeness (QED) is 0.304. The summed E-state index contributed by atoms with van der Waals surface area (Å²) in [6, 6.07) is 8.72. The maximum atomic E-state index is 14.3. The molecule has 9 nitrogen and oxygen atoms in total.